The van der Waals surface area contributed by atoms with Crippen LogP contribution in [0.2, 0.25) is 0 Å². The second kappa shape index (κ2) is 4.28. The van der Waals surface area contributed by atoms with Crippen molar-refractivity contribution in [3.63, 3.8) is 0 Å². The Kier molecular flexibility index (Phi) is 1.42. The first kappa shape index (κ1) is 5.97. The number of ether oxygens (including phenoxy) is 1. The Balaban J connectivity index is 2.76. The van der Waals surface area contributed by atoms with Crippen LogP contribution in [-0.2, 0) is 9.31 Å². The van der Waals surface area contributed by atoms with Gasteiger partial charge in [0.25, 0.3) is 0 Å². The fourth-order valence-corrected chi connectivity index (χ4v) is 1.59. The number of benzene rings is 1. The third kappa shape index (κ3) is 2.15. The second-order valence-electron chi connectivity index (χ2n) is 5.18. The van der Waals surface area contributed by atoms with Crippen LogP contribution < -0.4 is 10.2 Å². The summed E-state index contributed by atoms with van der Waals surface area (Å²) in [6.45, 7) is 4.07. The fraction of sp³-hybridized carbons (Fsp3) is 0.571. The van der Waals surface area contributed by atoms with Gasteiger partial charge in [0.15, 0.2) is 0 Å². The van der Waals surface area contributed by atoms with Gasteiger partial charge in [0.2, 0.25) is 0 Å². The molecule has 0 saturated carbocycles. The van der Waals surface area contributed by atoms with Crippen molar-refractivity contribution in [1.29, 1.82) is 0 Å². The van der Waals surface area contributed by atoms with E-state index in [4.69, 9.17) is 21.6 Å². The van der Waals surface area contributed by atoms with Crippen molar-refractivity contribution in [3.05, 3.63) is 23.7 Å². The van der Waals surface area contributed by atoms with Gasteiger partial charge in [0.05, 0.1) is 26.5 Å². The Hall–Kier alpha value is -0.995. The zero-order valence-electron chi connectivity index (χ0n) is 19.8. The molecule has 1 heterocycles. The lowest BCUT2D eigenvalue weighted by atomic mass is 9.76. The zero-order valence-corrected chi connectivity index (χ0v) is 10.8. The maximum absolute atomic E-state index is 8.24. The lowest BCUT2D eigenvalue weighted by Gasteiger charge is -2.32. The van der Waals surface area contributed by atoms with Crippen molar-refractivity contribution in [2.75, 3.05) is 7.04 Å². The number of methoxy groups -OCH3 is 1. The standard InChI is InChI=1S/C14H21BO3/c1-10-9-11(16-6)7-8-12(10)15-17-13(2,3)14(4,5)18-15/h7-9H,1-6H3/i1D3,6D3,7D,8D,9D. The summed E-state index contributed by atoms with van der Waals surface area (Å²) in [4.78, 5) is 0. The van der Waals surface area contributed by atoms with E-state index in [1.807, 2.05) is 0 Å². The molecule has 0 bridgehead atoms. The van der Waals surface area contributed by atoms with E-state index in [1.165, 1.54) is 0 Å². The highest BCUT2D eigenvalue weighted by molar-refractivity contribution is 6.62. The van der Waals surface area contributed by atoms with Crippen LogP contribution >= 0.6 is 0 Å². The van der Waals surface area contributed by atoms with Gasteiger partial charge in [-0.3, -0.25) is 0 Å². The molecule has 0 aliphatic carbocycles. The molecule has 1 aromatic carbocycles. The van der Waals surface area contributed by atoms with Gasteiger partial charge in [-0.05, 0) is 57.7 Å². The third-order valence-electron chi connectivity index (χ3n) is 3.41. The molecule has 1 aromatic rings. The smallest absolute Gasteiger partial charge is 0.495 e. The van der Waals surface area contributed by atoms with Gasteiger partial charge in [0.1, 0.15) is 5.75 Å². The Morgan fingerprint density at radius 3 is 2.44 bits per heavy atom. The van der Waals surface area contributed by atoms with Crippen LogP contribution in [0.1, 0.15) is 45.6 Å². The molecule has 1 aliphatic rings. The number of hydrogen-bond acceptors (Lipinski definition) is 3. The summed E-state index contributed by atoms with van der Waals surface area (Å²) in [5, 5.41) is 0. The van der Waals surface area contributed by atoms with E-state index in [9.17, 15) is 0 Å². The zero-order chi connectivity index (χ0) is 21.2. The van der Waals surface area contributed by atoms with E-state index < -0.39 is 61.7 Å². The average molecular weight is 257 g/mol. The first-order valence-corrected chi connectivity index (χ1v) is 5.58. The van der Waals surface area contributed by atoms with Crippen LogP contribution in [0, 0.1) is 6.85 Å². The van der Waals surface area contributed by atoms with Gasteiger partial charge >= 0.3 is 7.12 Å². The molecule has 0 radical (unpaired) electrons. The summed E-state index contributed by atoms with van der Waals surface area (Å²) in [6, 6.07) is -2.12. The van der Waals surface area contributed by atoms with E-state index in [2.05, 4.69) is 4.74 Å². The Labute approximate surface area is 122 Å². The molecule has 1 fully saturated rings. The average Bonchev–Trinajstić information content (AvgIpc) is 2.64. The quantitative estimate of drug-likeness (QED) is 0.761. The Morgan fingerprint density at radius 1 is 1.22 bits per heavy atom. The Bertz CT molecular complexity index is 740. The highest BCUT2D eigenvalue weighted by atomic mass is 16.7. The number of rotatable bonds is 2. The predicted octanol–water partition coefficient (Wildman–Crippen LogP) is 2.30. The first-order chi connectivity index (χ1) is 11.9. The van der Waals surface area contributed by atoms with Crippen LogP contribution in [0.3, 0.4) is 0 Å². The van der Waals surface area contributed by atoms with Crippen molar-refractivity contribution in [2.45, 2.75) is 45.7 Å². The second-order valence-corrected chi connectivity index (χ2v) is 5.18. The molecule has 0 aromatic heterocycles. The molecule has 1 aliphatic heterocycles. The summed E-state index contributed by atoms with van der Waals surface area (Å²) in [5.74, 6) is -0.786. The Morgan fingerprint density at radius 2 is 1.89 bits per heavy atom. The molecule has 0 N–H and O–H groups in total. The van der Waals surface area contributed by atoms with Gasteiger partial charge in [-0.1, -0.05) is 6.04 Å². The van der Waals surface area contributed by atoms with Crippen LogP contribution in [0.25, 0.3) is 0 Å². The molecular weight excluding hydrogens is 227 g/mol. The summed E-state index contributed by atoms with van der Waals surface area (Å²) in [6.07, 6.45) is 0. The maximum atomic E-state index is 8.24. The molecule has 0 unspecified atom stereocenters. The molecule has 0 amide bonds. The molecule has 4 heteroatoms. The first-order valence-electron chi connectivity index (χ1n) is 10.1. The SMILES string of the molecule is [2H]c1c([2H])c(B2OC(C)(C)C(C)(C)O2)c(C([2H])([2H])[2H])c([2H])c1OC([2H])([2H])[2H]. The van der Waals surface area contributed by atoms with E-state index in [-0.39, 0.29) is 5.46 Å². The lowest BCUT2D eigenvalue weighted by Crippen LogP contribution is -2.41. The van der Waals surface area contributed by atoms with Gasteiger partial charge in [-0.15, -0.1) is 0 Å². The highest BCUT2D eigenvalue weighted by Crippen LogP contribution is 2.36. The molecule has 98 valence electrons. The van der Waals surface area contributed by atoms with Crippen LogP contribution in [-0.4, -0.2) is 25.4 Å². The van der Waals surface area contributed by atoms with Crippen molar-refractivity contribution in [2.24, 2.45) is 0 Å². The molecule has 1 saturated heterocycles. The van der Waals surface area contributed by atoms with Crippen LogP contribution in [0.5, 0.6) is 5.75 Å². The van der Waals surface area contributed by atoms with Gasteiger partial charge in [-0.2, -0.15) is 0 Å². The van der Waals surface area contributed by atoms with E-state index in [1.54, 1.807) is 27.7 Å². The summed E-state index contributed by atoms with van der Waals surface area (Å²) in [5.41, 5.74) is -2.59. The topological polar surface area (TPSA) is 27.7 Å². The van der Waals surface area contributed by atoms with Crippen molar-refractivity contribution in [1.82, 2.24) is 0 Å². The largest absolute Gasteiger partial charge is 0.497 e. The molecule has 0 spiro atoms. The van der Waals surface area contributed by atoms with E-state index in [0.717, 1.165) is 0 Å². The van der Waals surface area contributed by atoms with Gasteiger partial charge in [0, 0.05) is 4.11 Å². The van der Waals surface area contributed by atoms with E-state index in [0.29, 0.717) is 0 Å². The normalized spacial score (nSPS) is 29.8. The van der Waals surface area contributed by atoms with Crippen molar-refractivity contribution < 1.29 is 26.4 Å². The molecule has 3 nitrogen and oxygen atoms in total. The van der Waals surface area contributed by atoms with Crippen LogP contribution in [0.15, 0.2) is 18.1 Å². The monoisotopic (exact) mass is 257 g/mol. The molecule has 0 atom stereocenters. The lowest BCUT2D eigenvalue weighted by molar-refractivity contribution is 0.00578. The highest BCUT2D eigenvalue weighted by Gasteiger charge is 2.51. The van der Waals surface area contributed by atoms with Crippen LogP contribution in [0.4, 0.5) is 0 Å². The molecule has 18 heavy (non-hydrogen) atoms. The predicted molar refractivity (Wildman–Crippen MR) is 73.4 cm³/mol. The maximum Gasteiger partial charge on any atom is 0.495 e. The summed E-state index contributed by atoms with van der Waals surface area (Å²) in [7, 11) is -4.30. The summed E-state index contributed by atoms with van der Waals surface area (Å²) >= 11 is 0. The minimum Gasteiger partial charge on any atom is -0.497 e. The minimum absolute atomic E-state index is 0.290. The van der Waals surface area contributed by atoms with Crippen molar-refractivity contribution in [3.8, 4) is 5.75 Å². The van der Waals surface area contributed by atoms with E-state index >= 15 is 0 Å². The fourth-order valence-electron chi connectivity index (χ4n) is 1.59. The number of hydrogen-bond donors (Lipinski definition) is 0. The van der Waals surface area contributed by atoms with Gasteiger partial charge in [-0.25, -0.2) is 0 Å². The molecule has 2 rings (SSSR count). The molecular formula is C14H21BO3. The minimum atomic E-state index is -3.00. The van der Waals surface area contributed by atoms with Crippen molar-refractivity contribution >= 4 is 12.6 Å². The van der Waals surface area contributed by atoms with Gasteiger partial charge < -0.3 is 14.0 Å². The summed E-state index contributed by atoms with van der Waals surface area (Å²) < 4.78 is 85.6. The third-order valence-corrected chi connectivity index (χ3v) is 3.41.